The van der Waals surface area contributed by atoms with Crippen molar-refractivity contribution in [2.24, 2.45) is 0 Å². The Bertz CT molecular complexity index is 1120. The van der Waals surface area contributed by atoms with Crippen molar-refractivity contribution in [2.75, 3.05) is 37.6 Å². The fourth-order valence-corrected chi connectivity index (χ4v) is 5.19. The van der Waals surface area contributed by atoms with Gasteiger partial charge in [-0.15, -0.1) is 11.3 Å². The van der Waals surface area contributed by atoms with Crippen molar-refractivity contribution in [3.63, 3.8) is 0 Å². The molecule has 5 rings (SSSR count). The van der Waals surface area contributed by atoms with Crippen LogP contribution in [0.3, 0.4) is 0 Å². The van der Waals surface area contributed by atoms with Gasteiger partial charge in [-0.1, -0.05) is 37.3 Å². The Morgan fingerprint density at radius 2 is 1.80 bits per heavy atom. The molecule has 0 unspecified atom stereocenters. The van der Waals surface area contributed by atoms with Crippen molar-refractivity contribution < 1.29 is 4.90 Å². The van der Waals surface area contributed by atoms with Gasteiger partial charge in [0.25, 0.3) is 0 Å². The van der Waals surface area contributed by atoms with Crippen molar-refractivity contribution in [3.8, 4) is 22.5 Å². The van der Waals surface area contributed by atoms with Crippen LogP contribution in [-0.4, -0.2) is 47.7 Å². The minimum absolute atomic E-state index is 0.760. The lowest BCUT2D eigenvalue weighted by atomic mass is 10.1. The van der Waals surface area contributed by atoms with Crippen molar-refractivity contribution >= 4 is 27.4 Å². The Morgan fingerprint density at radius 3 is 2.53 bits per heavy atom. The van der Waals surface area contributed by atoms with Gasteiger partial charge < -0.3 is 9.80 Å². The maximum absolute atomic E-state index is 5.10. The second-order valence-electron chi connectivity index (χ2n) is 7.80. The Balaban J connectivity index is 1.62. The summed E-state index contributed by atoms with van der Waals surface area (Å²) in [6.07, 6.45) is 4.87. The topological polar surface area (TPSA) is 46.4 Å². The third-order valence-electron chi connectivity index (χ3n) is 5.79. The Hall–Kier alpha value is -2.83. The molecule has 4 aromatic rings. The van der Waals surface area contributed by atoms with Crippen molar-refractivity contribution in [1.82, 2.24) is 15.0 Å². The molecule has 5 nitrogen and oxygen atoms in total. The highest BCUT2D eigenvalue weighted by molar-refractivity contribution is 7.17. The van der Waals surface area contributed by atoms with Gasteiger partial charge in [-0.25, -0.2) is 9.97 Å². The first-order valence-electron chi connectivity index (χ1n) is 10.7. The van der Waals surface area contributed by atoms with Crippen LogP contribution in [0.4, 0.5) is 5.82 Å². The van der Waals surface area contributed by atoms with Gasteiger partial charge in [-0.05, 0) is 24.1 Å². The predicted octanol–water partition coefficient (Wildman–Crippen LogP) is 3.54. The number of nitrogens with one attached hydrogen (secondary N) is 1. The Kier molecular flexibility index (Phi) is 5.43. The number of anilines is 1. The van der Waals surface area contributed by atoms with Crippen LogP contribution in [0.25, 0.3) is 32.7 Å². The molecule has 3 aromatic heterocycles. The molecule has 1 N–H and O–H groups in total. The fourth-order valence-electron chi connectivity index (χ4n) is 4.24. The number of aromatic nitrogens is 3. The summed E-state index contributed by atoms with van der Waals surface area (Å²) in [7, 11) is 0. The van der Waals surface area contributed by atoms with Crippen molar-refractivity contribution in [3.05, 3.63) is 60.2 Å². The summed E-state index contributed by atoms with van der Waals surface area (Å²) in [6.45, 7) is 7.89. The first-order valence-corrected chi connectivity index (χ1v) is 11.5. The molecular weight excluding hydrogens is 390 g/mol. The summed E-state index contributed by atoms with van der Waals surface area (Å²) < 4.78 is 0. The minimum Gasteiger partial charge on any atom is -0.345 e. The molecule has 1 aliphatic heterocycles. The highest BCUT2D eigenvalue weighted by atomic mass is 32.1. The highest BCUT2D eigenvalue weighted by Gasteiger charge is 2.25. The SMILES string of the molecule is CCC[NH+]1CCN(c2nc(-c3cccnc3)nc3scc(-c4ccccc4)c23)CC1. The van der Waals surface area contributed by atoms with Crippen LogP contribution in [0, 0.1) is 0 Å². The van der Waals surface area contributed by atoms with Crippen LogP contribution in [0.1, 0.15) is 13.3 Å². The molecule has 0 bridgehead atoms. The van der Waals surface area contributed by atoms with E-state index in [1.807, 2.05) is 18.3 Å². The molecule has 0 spiro atoms. The van der Waals surface area contributed by atoms with E-state index in [2.05, 4.69) is 52.5 Å². The third-order valence-corrected chi connectivity index (χ3v) is 6.66. The predicted molar refractivity (Wildman–Crippen MR) is 124 cm³/mol. The maximum atomic E-state index is 5.10. The van der Waals surface area contributed by atoms with Gasteiger partial charge in [0.2, 0.25) is 0 Å². The van der Waals surface area contributed by atoms with Gasteiger partial charge in [-0.3, -0.25) is 4.98 Å². The summed E-state index contributed by atoms with van der Waals surface area (Å²) in [4.78, 5) is 19.5. The number of fused-ring (bicyclic) bond motifs is 1. The zero-order chi connectivity index (χ0) is 20.3. The number of benzene rings is 1. The summed E-state index contributed by atoms with van der Waals surface area (Å²) in [5.74, 6) is 1.82. The van der Waals surface area contributed by atoms with Gasteiger partial charge in [0.05, 0.1) is 38.1 Å². The Morgan fingerprint density at radius 1 is 1.00 bits per heavy atom. The monoisotopic (exact) mass is 416 g/mol. The van der Waals surface area contributed by atoms with Crippen LogP contribution in [0.2, 0.25) is 0 Å². The first kappa shape index (κ1) is 19.2. The number of thiophene rings is 1. The molecule has 0 saturated carbocycles. The van der Waals surface area contributed by atoms with Gasteiger partial charge in [0, 0.05) is 28.9 Å². The molecule has 6 heteroatoms. The molecule has 4 heterocycles. The average molecular weight is 417 g/mol. The lowest BCUT2D eigenvalue weighted by molar-refractivity contribution is -0.900. The van der Waals surface area contributed by atoms with Crippen LogP contribution < -0.4 is 9.80 Å². The quantitative estimate of drug-likeness (QED) is 0.541. The van der Waals surface area contributed by atoms with Crippen LogP contribution >= 0.6 is 11.3 Å². The number of hydrogen-bond acceptors (Lipinski definition) is 5. The molecule has 1 saturated heterocycles. The highest BCUT2D eigenvalue weighted by Crippen LogP contribution is 2.39. The summed E-state index contributed by atoms with van der Waals surface area (Å²) >= 11 is 1.70. The van der Waals surface area contributed by atoms with E-state index in [1.165, 1.54) is 29.5 Å². The number of piperazine rings is 1. The largest absolute Gasteiger partial charge is 0.345 e. The van der Waals surface area contributed by atoms with E-state index in [0.29, 0.717) is 0 Å². The molecule has 1 aliphatic rings. The lowest BCUT2D eigenvalue weighted by Crippen LogP contribution is -3.14. The number of pyridine rings is 1. The third kappa shape index (κ3) is 3.68. The van der Waals surface area contributed by atoms with E-state index in [9.17, 15) is 0 Å². The molecular formula is C24H26N5S+. The lowest BCUT2D eigenvalue weighted by Gasteiger charge is -2.33. The molecule has 30 heavy (non-hydrogen) atoms. The second-order valence-corrected chi connectivity index (χ2v) is 8.65. The zero-order valence-electron chi connectivity index (χ0n) is 17.2. The van der Waals surface area contributed by atoms with Gasteiger partial charge in [-0.2, -0.15) is 0 Å². The van der Waals surface area contributed by atoms with E-state index < -0.39 is 0 Å². The molecule has 0 aliphatic carbocycles. The fraction of sp³-hybridized carbons (Fsp3) is 0.292. The molecule has 0 amide bonds. The number of rotatable bonds is 5. The van der Waals surface area contributed by atoms with Gasteiger partial charge >= 0.3 is 0 Å². The van der Waals surface area contributed by atoms with Gasteiger partial charge in [0.15, 0.2) is 5.82 Å². The molecule has 1 aromatic carbocycles. The van der Waals surface area contributed by atoms with E-state index in [0.717, 1.165) is 48.2 Å². The first-order chi connectivity index (χ1) is 14.8. The summed E-state index contributed by atoms with van der Waals surface area (Å²) in [6, 6.07) is 14.6. The molecule has 1 fully saturated rings. The summed E-state index contributed by atoms with van der Waals surface area (Å²) in [5, 5.41) is 3.40. The maximum Gasteiger partial charge on any atom is 0.164 e. The summed E-state index contributed by atoms with van der Waals surface area (Å²) in [5.41, 5.74) is 3.41. The van der Waals surface area contributed by atoms with Crippen molar-refractivity contribution in [2.45, 2.75) is 13.3 Å². The molecule has 152 valence electrons. The van der Waals surface area contributed by atoms with E-state index in [-0.39, 0.29) is 0 Å². The van der Waals surface area contributed by atoms with Crippen molar-refractivity contribution in [1.29, 1.82) is 0 Å². The average Bonchev–Trinajstić information content (AvgIpc) is 3.25. The zero-order valence-corrected chi connectivity index (χ0v) is 18.0. The molecule has 0 atom stereocenters. The number of hydrogen-bond donors (Lipinski definition) is 1. The smallest absolute Gasteiger partial charge is 0.164 e. The van der Waals surface area contributed by atoms with Crippen LogP contribution in [-0.2, 0) is 0 Å². The standard InChI is InChI=1S/C24H25N5S/c1-2-11-28-12-14-29(15-13-28)23-21-20(18-7-4-3-5-8-18)17-30-24(21)27-22(26-23)19-9-6-10-25-16-19/h3-10,16-17H,2,11-15H2,1H3/p+1. The van der Waals surface area contributed by atoms with E-state index >= 15 is 0 Å². The van der Waals surface area contributed by atoms with Gasteiger partial charge in [0.1, 0.15) is 10.6 Å². The Labute approximate surface area is 181 Å². The number of quaternary nitrogens is 1. The normalized spacial score (nSPS) is 15.0. The van der Waals surface area contributed by atoms with E-state index in [1.54, 1.807) is 22.4 Å². The van der Waals surface area contributed by atoms with E-state index in [4.69, 9.17) is 9.97 Å². The minimum atomic E-state index is 0.760. The number of nitrogens with zero attached hydrogens (tertiary/aromatic N) is 4. The second kappa shape index (κ2) is 8.50. The van der Waals surface area contributed by atoms with Crippen LogP contribution in [0.15, 0.2) is 60.2 Å². The van der Waals surface area contributed by atoms with Crippen LogP contribution in [0.5, 0.6) is 0 Å². The molecule has 0 radical (unpaired) electrons.